The molecule has 8 heteroatoms. The van der Waals surface area contributed by atoms with Gasteiger partial charge in [-0.05, 0) is 54.4 Å². The van der Waals surface area contributed by atoms with E-state index in [4.69, 9.17) is 34.8 Å². The first-order valence-electron chi connectivity index (χ1n) is 8.83. The first-order chi connectivity index (χ1) is 13.5. The summed E-state index contributed by atoms with van der Waals surface area (Å²) >= 11 is 19.9. The fourth-order valence-electron chi connectivity index (χ4n) is 3.02. The first-order valence-corrected chi connectivity index (χ1v) is 10.8. The highest BCUT2D eigenvalue weighted by Gasteiger charge is 2.27. The van der Waals surface area contributed by atoms with E-state index in [2.05, 4.69) is 9.97 Å². The maximum atomic E-state index is 12.6. The maximum absolute atomic E-state index is 12.6. The highest BCUT2D eigenvalue weighted by atomic mass is 35.5. The van der Waals surface area contributed by atoms with Gasteiger partial charge in [-0.15, -0.1) is 0 Å². The molecule has 3 aromatic rings. The van der Waals surface area contributed by atoms with Crippen molar-refractivity contribution in [2.75, 3.05) is 0 Å². The lowest BCUT2D eigenvalue weighted by molar-refractivity contribution is -0.116. The summed E-state index contributed by atoms with van der Waals surface area (Å²) in [5.41, 5.74) is 1.62. The molecule has 0 radical (unpaired) electrons. The molecule has 0 spiro atoms. The monoisotopic (exact) mass is 451 g/mol. The van der Waals surface area contributed by atoms with Crippen molar-refractivity contribution < 1.29 is 4.79 Å². The van der Waals surface area contributed by atoms with Gasteiger partial charge in [-0.1, -0.05) is 41.2 Å². The molecule has 28 heavy (non-hydrogen) atoms. The van der Waals surface area contributed by atoms with E-state index in [1.165, 1.54) is 11.8 Å². The lowest BCUT2D eigenvalue weighted by Gasteiger charge is -2.23. The Labute approximate surface area is 182 Å². The van der Waals surface area contributed by atoms with Crippen molar-refractivity contribution in [3.05, 3.63) is 63.5 Å². The number of benzene rings is 1. The summed E-state index contributed by atoms with van der Waals surface area (Å²) < 4.78 is 1.96. The minimum atomic E-state index is 0.138. The SMILES string of the molecule is O=C(Sc1cnc(-c2cncc(Cl)c2)n1Cc1cc(Cl)ccc1Cl)C1CCC1. The Morgan fingerprint density at radius 1 is 1.11 bits per heavy atom. The second-order valence-corrected chi connectivity index (χ2v) is 8.99. The minimum Gasteiger partial charge on any atom is -0.314 e. The number of aromatic nitrogens is 3. The summed E-state index contributed by atoms with van der Waals surface area (Å²) in [6, 6.07) is 7.14. The van der Waals surface area contributed by atoms with Gasteiger partial charge in [0.1, 0.15) is 10.9 Å². The average Bonchev–Trinajstić information content (AvgIpc) is 2.99. The molecule has 4 nitrogen and oxygen atoms in total. The van der Waals surface area contributed by atoms with Crippen LogP contribution < -0.4 is 0 Å². The molecule has 0 unspecified atom stereocenters. The van der Waals surface area contributed by atoms with Crippen LogP contribution in [0.1, 0.15) is 24.8 Å². The number of halogens is 3. The quantitative estimate of drug-likeness (QED) is 0.422. The maximum Gasteiger partial charge on any atom is 0.198 e. The molecule has 4 rings (SSSR count). The highest BCUT2D eigenvalue weighted by Crippen LogP contribution is 2.36. The Hall–Kier alpha value is -1.53. The van der Waals surface area contributed by atoms with E-state index in [1.54, 1.807) is 36.8 Å². The van der Waals surface area contributed by atoms with Gasteiger partial charge in [0.05, 0.1) is 17.8 Å². The normalized spacial score (nSPS) is 14.1. The fraction of sp³-hybridized carbons (Fsp3) is 0.250. The topological polar surface area (TPSA) is 47.8 Å². The molecule has 1 aromatic carbocycles. The molecule has 0 bridgehead atoms. The lowest BCUT2D eigenvalue weighted by atomic mass is 9.87. The molecule has 2 heterocycles. The van der Waals surface area contributed by atoms with Crippen LogP contribution in [0.15, 0.2) is 47.9 Å². The molecular formula is C20H16Cl3N3OS. The molecule has 0 saturated heterocycles. The van der Waals surface area contributed by atoms with Crippen LogP contribution in [0, 0.1) is 5.92 Å². The van der Waals surface area contributed by atoms with Gasteiger partial charge in [0, 0.05) is 33.9 Å². The lowest BCUT2D eigenvalue weighted by Crippen LogP contribution is -2.19. The number of hydrogen-bond donors (Lipinski definition) is 0. The summed E-state index contributed by atoms with van der Waals surface area (Å²) in [6.07, 6.45) is 8.04. The van der Waals surface area contributed by atoms with E-state index >= 15 is 0 Å². The van der Waals surface area contributed by atoms with Crippen LogP contribution in [-0.4, -0.2) is 19.7 Å². The zero-order chi connectivity index (χ0) is 19.7. The van der Waals surface area contributed by atoms with Gasteiger partial charge in [-0.3, -0.25) is 9.78 Å². The van der Waals surface area contributed by atoms with Crippen LogP contribution in [0.3, 0.4) is 0 Å². The zero-order valence-corrected chi connectivity index (χ0v) is 17.8. The Kier molecular flexibility index (Phi) is 5.97. The van der Waals surface area contributed by atoms with Gasteiger partial charge < -0.3 is 4.57 Å². The van der Waals surface area contributed by atoms with Gasteiger partial charge in [-0.25, -0.2) is 4.98 Å². The molecule has 0 aliphatic heterocycles. The number of hydrogen-bond acceptors (Lipinski definition) is 4. The van der Waals surface area contributed by atoms with Crippen LogP contribution in [0.25, 0.3) is 11.4 Å². The van der Waals surface area contributed by atoms with E-state index in [9.17, 15) is 4.79 Å². The number of carbonyl (C=O) groups is 1. The molecule has 144 valence electrons. The van der Waals surface area contributed by atoms with Crippen molar-refractivity contribution >= 4 is 51.7 Å². The largest absolute Gasteiger partial charge is 0.314 e. The summed E-state index contributed by atoms with van der Waals surface area (Å²) in [4.78, 5) is 21.3. The van der Waals surface area contributed by atoms with Crippen molar-refractivity contribution in [3.8, 4) is 11.4 Å². The van der Waals surface area contributed by atoms with Crippen molar-refractivity contribution in [2.45, 2.75) is 30.8 Å². The van der Waals surface area contributed by atoms with E-state index in [0.717, 1.165) is 35.4 Å². The number of pyridine rings is 1. The molecule has 0 N–H and O–H groups in total. The van der Waals surface area contributed by atoms with Crippen LogP contribution in [-0.2, 0) is 11.3 Å². The van der Waals surface area contributed by atoms with Crippen LogP contribution in [0.2, 0.25) is 15.1 Å². The summed E-state index contributed by atoms with van der Waals surface area (Å²) in [7, 11) is 0. The van der Waals surface area contributed by atoms with Gasteiger partial charge in [0.2, 0.25) is 0 Å². The van der Waals surface area contributed by atoms with Gasteiger partial charge in [0.15, 0.2) is 5.12 Å². The number of imidazole rings is 1. The molecule has 1 saturated carbocycles. The molecule has 0 atom stereocenters. The molecule has 1 aliphatic rings. The number of rotatable bonds is 5. The standard InChI is InChI=1S/C20H16Cl3N3OS/c21-15-4-5-17(23)14(7-15)11-26-18(28-20(27)12-2-1-3-12)10-25-19(26)13-6-16(22)9-24-8-13/h4-10,12H,1-3,11H2. The number of carbonyl (C=O) groups excluding carboxylic acids is 1. The van der Waals surface area contributed by atoms with E-state index in [1.807, 2.05) is 10.6 Å². The predicted octanol–water partition coefficient (Wildman–Crippen LogP) is 6.37. The van der Waals surface area contributed by atoms with E-state index in [-0.39, 0.29) is 11.0 Å². The third-order valence-electron chi connectivity index (χ3n) is 4.76. The summed E-state index contributed by atoms with van der Waals surface area (Å²) in [5.74, 6) is 0.814. The summed E-state index contributed by atoms with van der Waals surface area (Å²) in [6.45, 7) is 0.432. The fourth-order valence-corrected chi connectivity index (χ4v) is 4.55. The van der Waals surface area contributed by atoms with Gasteiger partial charge >= 0.3 is 0 Å². The van der Waals surface area contributed by atoms with Crippen molar-refractivity contribution in [1.82, 2.24) is 14.5 Å². The third kappa shape index (κ3) is 4.23. The van der Waals surface area contributed by atoms with E-state index < -0.39 is 0 Å². The van der Waals surface area contributed by atoms with Gasteiger partial charge in [-0.2, -0.15) is 0 Å². The van der Waals surface area contributed by atoms with Crippen molar-refractivity contribution in [1.29, 1.82) is 0 Å². The molecule has 0 amide bonds. The van der Waals surface area contributed by atoms with Crippen LogP contribution >= 0.6 is 46.6 Å². The number of thioether (sulfide) groups is 1. The zero-order valence-electron chi connectivity index (χ0n) is 14.7. The second-order valence-electron chi connectivity index (χ2n) is 6.68. The molecule has 1 aliphatic carbocycles. The van der Waals surface area contributed by atoms with Crippen LogP contribution in [0.5, 0.6) is 0 Å². The summed E-state index contributed by atoms with van der Waals surface area (Å²) in [5, 5.41) is 2.68. The second kappa shape index (κ2) is 8.46. The minimum absolute atomic E-state index is 0.138. The molecule has 1 fully saturated rings. The third-order valence-corrected chi connectivity index (χ3v) is 6.64. The average molecular weight is 453 g/mol. The Morgan fingerprint density at radius 2 is 1.93 bits per heavy atom. The van der Waals surface area contributed by atoms with Crippen LogP contribution in [0.4, 0.5) is 0 Å². The van der Waals surface area contributed by atoms with Gasteiger partial charge in [0.25, 0.3) is 0 Å². The Balaban J connectivity index is 1.74. The Morgan fingerprint density at radius 3 is 2.64 bits per heavy atom. The predicted molar refractivity (Wildman–Crippen MR) is 114 cm³/mol. The first kappa shape index (κ1) is 19.8. The highest BCUT2D eigenvalue weighted by molar-refractivity contribution is 8.13. The van der Waals surface area contributed by atoms with E-state index in [0.29, 0.717) is 27.4 Å². The molecular weight excluding hydrogens is 437 g/mol. The van der Waals surface area contributed by atoms with Crippen molar-refractivity contribution in [3.63, 3.8) is 0 Å². The Bertz CT molecular complexity index is 1030. The number of nitrogens with zero attached hydrogens (tertiary/aromatic N) is 3. The molecule has 2 aromatic heterocycles. The smallest absolute Gasteiger partial charge is 0.198 e. The van der Waals surface area contributed by atoms with Crippen molar-refractivity contribution in [2.24, 2.45) is 5.92 Å².